The first-order valence-corrected chi connectivity index (χ1v) is 10.8. The van der Waals surface area contributed by atoms with Crippen molar-refractivity contribution < 1.29 is 14.3 Å². The molecule has 0 fully saturated rings. The molecule has 0 N–H and O–H groups in total. The molecule has 2 atom stereocenters. The molecule has 5 nitrogen and oxygen atoms in total. The summed E-state index contributed by atoms with van der Waals surface area (Å²) < 4.78 is 6.59. The summed E-state index contributed by atoms with van der Waals surface area (Å²) in [6.07, 6.45) is 1.63. The summed E-state index contributed by atoms with van der Waals surface area (Å²) in [5.41, 5.74) is 1.40. The highest BCUT2D eigenvalue weighted by Gasteiger charge is 2.65. The van der Waals surface area contributed by atoms with Crippen molar-refractivity contribution >= 4 is 23.1 Å². The number of allylic oxidation sites excluding steroid dienone is 1. The summed E-state index contributed by atoms with van der Waals surface area (Å²) in [6, 6.07) is 19.2. The van der Waals surface area contributed by atoms with Crippen LogP contribution in [-0.4, -0.2) is 23.0 Å². The van der Waals surface area contributed by atoms with Gasteiger partial charge in [-0.25, -0.2) is 0 Å². The normalized spacial score (nSPS) is 26.9. The average Bonchev–Trinajstić information content (AvgIpc) is 3.24. The van der Waals surface area contributed by atoms with Crippen molar-refractivity contribution in [3.8, 4) is 0 Å². The number of hydrogen-bond donors (Lipinski definition) is 0. The van der Waals surface area contributed by atoms with E-state index in [-0.39, 0.29) is 17.1 Å². The third-order valence-corrected chi connectivity index (χ3v) is 6.49. The SMILES string of the molecule is CCC1=NN(c2ccccc2)C(=O)[C@]12OC1=C(C(=O)CC(C)(C)C1)[C@@H]2c1ccccc1. The Kier molecular flexibility index (Phi) is 4.40. The Morgan fingerprint density at radius 2 is 1.65 bits per heavy atom. The van der Waals surface area contributed by atoms with Gasteiger partial charge in [0.25, 0.3) is 5.91 Å². The molecule has 31 heavy (non-hydrogen) atoms. The minimum atomic E-state index is -1.31. The Balaban J connectivity index is 1.70. The second-order valence-corrected chi connectivity index (χ2v) is 9.31. The summed E-state index contributed by atoms with van der Waals surface area (Å²) in [7, 11) is 0. The lowest BCUT2D eigenvalue weighted by atomic mass is 9.69. The topological polar surface area (TPSA) is 59.0 Å². The minimum Gasteiger partial charge on any atom is -0.474 e. The Morgan fingerprint density at radius 1 is 1.00 bits per heavy atom. The molecule has 0 aromatic heterocycles. The van der Waals surface area contributed by atoms with Crippen molar-refractivity contribution in [3.05, 3.63) is 77.6 Å². The smallest absolute Gasteiger partial charge is 0.298 e. The highest BCUT2D eigenvalue weighted by Crippen LogP contribution is 2.56. The first kappa shape index (κ1) is 19.7. The van der Waals surface area contributed by atoms with E-state index in [0.29, 0.717) is 42.0 Å². The van der Waals surface area contributed by atoms with Crippen LogP contribution in [0.15, 0.2) is 77.1 Å². The maximum absolute atomic E-state index is 14.0. The van der Waals surface area contributed by atoms with E-state index >= 15 is 0 Å². The molecule has 1 spiro atoms. The fourth-order valence-electron chi connectivity index (χ4n) is 5.19. The molecule has 1 aliphatic carbocycles. The summed E-state index contributed by atoms with van der Waals surface area (Å²) in [6.45, 7) is 6.13. The summed E-state index contributed by atoms with van der Waals surface area (Å²) in [5.74, 6) is -0.00507. The van der Waals surface area contributed by atoms with Gasteiger partial charge in [0.1, 0.15) is 5.76 Å². The summed E-state index contributed by atoms with van der Waals surface area (Å²) in [5, 5.41) is 6.17. The largest absolute Gasteiger partial charge is 0.474 e. The Labute approximate surface area is 182 Å². The quantitative estimate of drug-likeness (QED) is 0.711. The highest BCUT2D eigenvalue weighted by atomic mass is 16.5. The van der Waals surface area contributed by atoms with Crippen molar-refractivity contribution in [2.24, 2.45) is 10.5 Å². The molecule has 2 aliphatic heterocycles. The van der Waals surface area contributed by atoms with Crippen LogP contribution in [0.5, 0.6) is 0 Å². The van der Waals surface area contributed by atoms with Crippen LogP contribution >= 0.6 is 0 Å². The van der Waals surface area contributed by atoms with Crippen molar-refractivity contribution in [2.75, 3.05) is 5.01 Å². The Morgan fingerprint density at radius 3 is 2.29 bits per heavy atom. The number of ketones is 1. The maximum Gasteiger partial charge on any atom is 0.298 e. The van der Waals surface area contributed by atoms with E-state index in [2.05, 4.69) is 13.8 Å². The monoisotopic (exact) mass is 414 g/mol. The molecule has 0 saturated carbocycles. The number of hydrazone groups is 1. The average molecular weight is 415 g/mol. The zero-order valence-electron chi connectivity index (χ0n) is 18.1. The standard InChI is InChI=1S/C26H26N2O3/c1-4-21-26(24(30)28(27-21)18-13-9-6-10-14-18)23(17-11-7-5-8-12-17)22-19(29)15-25(2,3)16-20(22)31-26/h5-14,23H,4,15-16H2,1-3H3/t23-,26-/m0/s1. The first-order valence-electron chi connectivity index (χ1n) is 10.8. The number of amides is 1. The number of hydrogen-bond acceptors (Lipinski definition) is 4. The minimum absolute atomic E-state index is 0.0680. The zero-order chi connectivity index (χ0) is 21.8. The predicted octanol–water partition coefficient (Wildman–Crippen LogP) is 5.00. The molecule has 3 aliphatic rings. The second kappa shape index (κ2) is 6.91. The molecule has 2 aromatic carbocycles. The van der Waals surface area contributed by atoms with E-state index in [1.807, 2.05) is 67.6 Å². The van der Waals surface area contributed by atoms with Crippen LogP contribution < -0.4 is 5.01 Å². The zero-order valence-corrected chi connectivity index (χ0v) is 18.1. The van der Waals surface area contributed by atoms with Gasteiger partial charge in [0.2, 0.25) is 5.60 Å². The molecular weight excluding hydrogens is 388 g/mol. The molecule has 158 valence electrons. The van der Waals surface area contributed by atoms with Gasteiger partial charge in [0.15, 0.2) is 5.78 Å². The van der Waals surface area contributed by atoms with Crippen LogP contribution in [0, 0.1) is 5.41 Å². The molecule has 2 heterocycles. The van der Waals surface area contributed by atoms with Gasteiger partial charge >= 0.3 is 0 Å². The molecule has 2 aromatic rings. The summed E-state index contributed by atoms with van der Waals surface area (Å²) >= 11 is 0. The van der Waals surface area contributed by atoms with E-state index in [1.54, 1.807) is 0 Å². The fraction of sp³-hybridized carbons (Fsp3) is 0.346. The molecule has 1 amide bonds. The Bertz CT molecular complexity index is 1120. The van der Waals surface area contributed by atoms with Gasteiger partial charge in [0.05, 0.1) is 17.3 Å². The molecule has 0 unspecified atom stereocenters. The van der Waals surface area contributed by atoms with Gasteiger partial charge in [-0.1, -0.05) is 69.3 Å². The van der Waals surface area contributed by atoms with Gasteiger partial charge in [-0.3, -0.25) is 9.59 Å². The maximum atomic E-state index is 14.0. The lowest BCUT2D eigenvalue weighted by molar-refractivity contribution is -0.130. The number of carbonyl (C=O) groups excluding carboxylic acids is 2. The van der Waals surface area contributed by atoms with Crippen molar-refractivity contribution in [1.82, 2.24) is 0 Å². The number of ether oxygens (including phenoxy) is 1. The number of Topliss-reactive ketones (excluding diaryl/α,β-unsaturated/α-hetero) is 1. The molecular formula is C26H26N2O3. The van der Waals surface area contributed by atoms with Gasteiger partial charge in [-0.15, -0.1) is 0 Å². The number of anilines is 1. The highest BCUT2D eigenvalue weighted by molar-refractivity contribution is 6.25. The van der Waals surface area contributed by atoms with Crippen LogP contribution in [0.25, 0.3) is 0 Å². The molecule has 0 bridgehead atoms. The predicted molar refractivity (Wildman–Crippen MR) is 120 cm³/mol. The molecule has 0 radical (unpaired) electrons. The third-order valence-electron chi connectivity index (χ3n) is 6.49. The number of nitrogens with zero attached hydrogens (tertiary/aromatic N) is 2. The number of carbonyl (C=O) groups is 2. The van der Waals surface area contributed by atoms with E-state index in [4.69, 9.17) is 9.84 Å². The van der Waals surface area contributed by atoms with Crippen molar-refractivity contribution in [2.45, 2.75) is 51.6 Å². The fourth-order valence-corrected chi connectivity index (χ4v) is 5.19. The van der Waals surface area contributed by atoms with E-state index in [0.717, 1.165) is 5.56 Å². The Hall–Kier alpha value is -3.21. The second-order valence-electron chi connectivity index (χ2n) is 9.31. The van der Waals surface area contributed by atoms with Crippen LogP contribution in [0.2, 0.25) is 0 Å². The van der Waals surface area contributed by atoms with Crippen LogP contribution in [0.1, 0.15) is 51.5 Å². The van der Waals surface area contributed by atoms with Gasteiger partial charge in [0, 0.05) is 18.4 Å². The number of benzene rings is 2. The molecule has 0 saturated heterocycles. The van der Waals surface area contributed by atoms with E-state index < -0.39 is 11.5 Å². The number of rotatable bonds is 3. The van der Waals surface area contributed by atoms with Crippen molar-refractivity contribution in [3.63, 3.8) is 0 Å². The molecule has 5 heteroatoms. The first-order chi connectivity index (χ1) is 14.9. The van der Waals surface area contributed by atoms with Crippen LogP contribution in [-0.2, 0) is 14.3 Å². The lowest BCUT2D eigenvalue weighted by Crippen LogP contribution is -2.51. The van der Waals surface area contributed by atoms with Gasteiger partial charge < -0.3 is 4.74 Å². The van der Waals surface area contributed by atoms with E-state index in [1.165, 1.54) is 5.01 Å². The third kappa shape index (κ3) is 2.87. The van der Waals surface area contributed by atoms with Gasteiger partial charge in [-0.05, 0) is 29.5 Å². The van der Waals surface area contributed by atoms with Crippen LogP contribution in [0.4, 0.5) is 5.69 Å². The molecule has 5 rings (SSSR count). The summed E-state index contributed by atoms with van der Waals surface area (Å²) in [4.78, 5) is 27.4. The van der Waals surface area contributed by atoms with Gasteiger partial charge in [-0.2, -0.15) is 10.1 Å². The van der Waals surface area contributed by atoms with Crippen molar-refractivity contribution in [1.29, 1.82) is 0 Å². The number of para-hydroxylation sites is 1. The lowest BCUT2D eigenvalue weighted by Gasteiger charge is -2.31. The van der Waals surface area contributed by atoms with Crippen LogP contribution in [0.3, 0.4) is 0 Å². The van der Waals surface area contributed by atoms with E-state index in [9.17, 15) is 9.59 Å².